The fourth-order valence-corrected chi connectivity index (χ4v) is 3.47. The van der Waals surface area contributed by atoms with Gasteiger partial charge in [0, 0.05) is 9.92 Å². The summed E-state index contributed by atoms with van der Waals surface area (Å²) in [5, 5.41) is 13.4. The Morgan fingerprint density at radius 1 is 1.38 bits per heavy atom. The number of nitrogens with one attached hydrogen (secondary N) is 1. The second kappa shape index (κ2) is 7.52. The van der Waals surface area contributed by atoms with Gasteiger partial charge in [0.2, 0.25) is 5.91 Å². The number of rotatable bonds is 5. The summed E-state index contributed by atoms with van der Waals surface area (Å²) in [6.45, 7) is 2.25. The molecule has 1 saturated carbocycles. The van der Waals surface area contributed by atoms with Crippen molar-refractivity contribution in [1.29, 1.82) is 0 Å². The minimum Gasteiger partial charge on any atom is -0.394 e. The van der Waals surface area contributed by atoms with Crippen LogP contribution >= 0.6 is 23.4 Å². The van der Waals surface area contributed by atoms with Crippen LogP contribution in [0.15, 0.2) is 29.2 Å². The zero-order chi connectivity index (χ0) is 15.3. The lowest BCUT2D eigenvalue weighted by Gasteiger charge is -2.38. The molecule has 0 heterocycles. The molecule has 0 spiro atoms. The number of carbonyl (C=O) groups excluding carboxylic acids is 1. The van der Waals surface area contributed by atoms with E-state index in [0.717, 1.165) is 30.6 Å². The zero-order valence-corrected chi connectivity index (χ0v) is 13.8. The lowest BCUT2D eigenvalue weighted by atomic mass is 9.77. The largest absolute Gasteiger partial charge is 0.394 e. The first-order chi connectivity index (χ1) is 10.0. The van der Waals surface area contributed by atoms with Gasteiger partial charge < -0.3 is 10.4 Å². The predicted octanol–water partition coefficient (Wildman–Crippen LogP) is 3.49. The van der Waals surface area contributed by atoms with Crippen molar-refractivity contribution in [3.05, 3.63) is 29.3 Å². The minimum absolute atomic E-state index is 0.0152. The van der Waals surface area contributed by atoms with Crippen molar-refractivity contribution in [3.8, 4) is 0 Å². The third-order valence-corrected chi connectivity index (χ3v) is 5.39. The molecule has 1 aliphatic carbocycles. The monoisotopic (exact) mass is 327 g/mol. The van der Waals surface area contributed by atoms with Gasteiger partial charge in [0.15, 0.2) is 0 Å². The number of hydrogen-bond acceptors (Lipinski definition) is 3. The van der Waals surface area contributed by atoms with E-state index < -0.39 is 5.54 Å². The highest BCUT2D eigenvalue weighted by Crippen LogP contribution is 2.31. The van der Waals surface area contributed by atoms with Crippen molar-refractivity contribution in [2.75, 3.05) is 12.4 Å². The highest BCUT2D eigenvalue weighted by Gasteiger charge is 2.34. The summed E-state index contributed by atoms with van der Waals surface area (Å²) in [6.07, 6.45) is 3.85. The Kier molecular flexibility index (Phi) is 5.97. The Balaban J connectivity index is 1.84. The van der Waals surface area contributed by atoms with Gasteiger partial charge in [-0.25, -0.2) is 0 Å². The number of aliphatic hydroxyl groups excluding tert-OH is 1. The topological polar surface area (TPSA) is 49.3 Å². The molecule has 1 amide bonds. The van der Waals surface area contributed by atoms with Gasteiger partial charge in [-0.05, 0) is 55.9 Å². The minimum atomic E-state index is -0.413. The van der Waals surface area contributed by atoms with Crippen molar-refractivity contribution < 1.29 is 9.90 Å². The van der Waals surface area contributed by atoms with Gasteiger partial charge >= 0.3 is 0 Å². The first-order valence-electron chi connectivity index (χ1n) is 7.33. The third-order valence-electron chi connectivity index (χ3n) is 4.12. The number of thioether (sulfide) groups is 1. The predicted molar refractivity (Wildman–Crippen MR) is 87.8 cm³/mol. The molecule has 2 rings (SSSR count). The van der Waals surface area contributed by atoms with Crippen molar-refractivity contribution in [3.63, 3.8) is 0 Å². The van der Waals surface area contributed by atoms with Crippen LogP contribution in [0, 0.1) is 5.92 Å². The van der Waals surface area contributed by atoms with Crippen LogP contribution in [0.3, 0.4) is 0 Å². The second-order valence-electron chi connectivity index (χ2n) is 5.91. The van der Waals surface area contributed by atoms with Crippen LogP contribution in [0.1, 0.15) is 32.6 Å². The number of hydrogen-bond donors (Lipinski definition) is 2. The molecule has 0 radical (unpaired) electrons. The van der Waals surface area contributed by atoms with Gasteiger partial charge in [-0.1, -0.05) is 18.5 Å². The number of carbonyl (C=O) groups is 1. The SMILES string of the molecule is CC1CCC(CO)(NC(=O)CSc2ccc(Cl)cc2)CC1. The van der Waals surface area contributed by atoms with E-state index in [2.05, 4.69) is 12.2 Å². The standard InChI is InChI=1S/C16H22ClNO2S/c1-12-6-8-16(11-19,9-7-12)18-15(20)10-21-14-4-2-13(17)3-5-14/h2-5,12,19H,6-11H2,1H3,(H,18,20). The summed E-state index contributed by atoms with van der Waals surface area (Å²) in [7, 11) is 0. The maximum atomic E-state index is 12.1. The van der Waals surface area contributed by atoms with Gasteiger partial charge in [0.05, 0.1) is 17.9 Å². The van der Waals surface area contributed by atoms with Crippen molar-refractivity contribution >= 4 is 29.3 Å². The summed E-state index contributed by atoms with van der Waals surface area (Å²) in [4.78, 5) is 13.1. The second-order valence-corrected chi connectivity index (χ2v) is 7.40. The highest BCUT2D eigenvalue weighted by molar-refractivity contribution is 8.00. The van der Waals surface area contributed by atoms with Gasteiger partial charge in [0.25, 0.3) is 0 Å². The van der Waals surface area contributed by atoms with Crippen LogP contribution in [0.2, 0.25) is 5.02 Å². The Labute approximate surface area is 135 Å². The molecule has 2 N–H and O–H groups in total. The number of amides is 1. The summed E-state index contributed by atoms with van der Waals surface area (Å²) < 4.78 is 0. The van der Waals surface area contributed by atoms with Gasteiger partial charge in [-0.15, -0.1) is 11.8 Å². The molecule has 116 valence electrons. The maximum Gasteiger partial charge on any atom is 0.230 e. The molecule has 21 heavy (non-hydrogen) atoms. The molecule has 0 atom stereocenters. The van der Waals surface area contributed by atoms with E-state index in [1.807, 2.05) is 24.3 Å². The van der Waals surface area contributed by atoms with Crippen molar-refractivity contribution in [2.45, 2.75) is 43.0 Å². The smallest absolute Gasteiger partial charge is 0.230 e. The van der Waals surface area contributed by atoms with Crippen LogP contribution in [0.25, 0.3) is 0 Å². The Morgan fingerprint density at radius 3 is 2.57 bits per heavy atom. The first-order valence-corrected chi connectivity index (χ1v) is 8.70. The maximum absolute atomic E-state index is 12.1. The molecule has 1 aromatic rings. The van der Waals surface area contributed by atoms with E-state index in [1.165, 1.54) is 11.8 Å². The highest BCUT2D eigenvalue weighted by atomic mass is 35.5. The quantitative estimate of drug-likeness (QED) is 0.814. The van der Waals surface area contributed by atoms with E-state index in [4.69, 9.17) is 11.6 Å². The van der Waals surface area contributed by atoms with Crippen LogP contribution in [-0.2, 0) is 4.79 Å². The van der Waals surface area contributed by atoms with Crippen LogP contribution < -0.4 is 5.32 Å². The fourth-order valence-electron chi connectivity index (χ4n) is 2.65. The van der Waals surface area contributed by atoms with E-state index in [0.29, 0.717) is 16.7 Å². The number of benzene rings is 1. The summed E-state index contributed by atoms with van der Waals surface area (Å²) in [5.74, 6) is 1.03. The Morgan fingerprint density at radius 2 is 2.00 bits per heavy atom. The number of halogens is 1. The summed E-state index contributed by atoms with van der Waals surface area (Å²) in [5.41, 5.74) is -0.413. The molecule has 0 aromatic heterocycles. The molecule has 3 nitrogen and oxygen atoms in total. The molecule has 0 bridgehead atoms. The average molecular weight is 328 g/mol. The molecule has 0 aliphatic heterocycles. The molecule has 5 heteroatoms. The lowest BCUT2D eigenvalue weighted by Crippen LogP contribution is -2.53. The molecule has 1 fully saturated rings. The summed E-state index contributed by atoms with van der Waals surface area (Å²) >= 11 is 7.32. The third kappa shape index (κ3) is 4.90. The summed E-state index contributed by atoms with van der Waals surface area (Å²) in [6, 6.07) is 7.45. The van der Waals surface area contributed by atoms with Gasteiger partial charge in [0.1, 0.15) is 0 Å². The van der Waals surface area contributed by atoms with Crippen molar-refractivity contribution in [2.24, 2.45) is 5.92 Å². The van der Waals surface area contributed by atoms with Crippen LogP contribution in [-0.4, -0.2) is 28.9 Å². The lowest BCUT2D eigenvalue weighted by molar-refractivity contribution is -0.121. The van der Waals surface area contributed by atoms with E-state index in [-0.39, 0.29) is 12.5 Å². The molecule has 1 aromatic carbocycles. The van der Waals surface area contributed by atoms with Gasteiger partial charge in [-0.2, -0.15) is 0 Å². The Bertz CT molecular complexity index is 470. The molecule has 1 aliphatic rings. The zero-order valence-electron chi connectivity index (χ0n) is 12.3. The van der Waals surface area contributed by atoms with E-state index in [1.54, 1.807) is 0 Å². The number of aliphatic hydroxyl groups is 1. The first kappa shape index (κ1) is 16.7. The van der Waals surface area contributed by atoms with Gasteiger partial charge in [-0.3, -0.25) is 4.79 Å². The molecular formula is C16H22ClNO2S. The Hall–Kier alpha value is -0.710. The molecule has 0 unspecified atom stereocenters. The average Bonchev–Trinajstić information content (AvgIpc) is 2.49. The molecule has 0 saturated heterocycles. The van der Waals surface area contributed by atoms with Crippen LogP contribution in [0.5, 0.6) is 0 Å². The van der Waals surface area contributed by atoms with E-state index in [9.17, 15) is 9.90 Å². The van der Waals surface area contributed by atoms with E-state index >= 15 is 0 Å². The van der Waals surface area contributed by atoms with Crippen molar-refractivity contribution in [1.82, 2.24) is 5.32 Å². The normalized spacial score (nSPS) is 25.6. The molecular weight excluding hydrogens is 306 g/mol. The van der Waals surface area contributed by atoms with Crippen LogP contribution in [0.4, 0.5) is 0 Å². The fraction of sp³-hybridized carbons (Fsp3) is 0.562.